The van der Waals surface area contributed by atoms with E-state index in [9.17, 15) is 28.5 Å². The van der Waals surface area contributed by atoms with Gasteiger partial charge in [-0.05, 0) is 25.1 Å². The van der Waals surface area contributed by atoms with Crippen LogP contribution in [0.5, 0.6) is 0 Å². The van der Waals surface area contributed by atoms with E-state index in [1.165, 1.54) is 13.0 Å². The van der Waals surface area contributed by atoms with Crippen LogP contribution >= 0.6 is 11.6 Å². The van der Waals surface area contributed by atoms with Gasteiger partial charge in [0, 0.05) is 18.2 Å². The maximum absolute atomic E-state index is 13.5. The van der Waals surface area contributed by atoms with Gasteiger partial charge in [0.1, 0.15) is 11.6 Å². The lowest BCUT2D eigenvalue weighted by atomic mass is 10.2. The SMILES string of the molecule is CC(OC(=O)c1ccc(F)cc1F)C(=O)Nc1ccc([N+](=O)[O-])cc1Cl. The molecule has 1 unspecified atom stereocenters. The number of nitrogens with one attached hydrogen (secondary N) is 1. The Morgan fingerprint density at radius 2 is 1.92 bits per heavy atom. The van der Waals surface area contributed by atoms with Crippen LogP contribution in [0.3, 0.4) is 0 Å². The number of rotatable bonds is 5. The summed E-state index contributed by atoms with van der Waals surface area (Å²) in [7, 11) is 0. The molecular weight excluding hydrogens is 374 g/mol. The molecule has 0 aromatic heterocycles. The van der Waals surface area contributed by atoms with Crippen molar-refractivity contribution in [1.82, 2.24) is 0 Å². The summed E-state index contributed by atoms with van der Waals surface area (Å²) in [6.45, 7) is 1.23. The molecule has 2 aromatic carbocycles. The van der Waals surface area contributed by atoms with Crippen molar-refractivity contribution in [2.75, 3.05) is 5.32 Å². The Morgan fingerprint density at radius 3 is 2.50 bits per heavy atom. The summed E-state index contributed by atoms with van der Waals surface area (Å²) in [5.41, 5.74) is -0.725. The van der Waals surface area contributed by atoms with Crippen LogP contribution in [0.1, 0.15) is 17.3 Å². The van der Waals surface area contributed by atoms with E-state index in [1.807, 2.05) is 0 Å². The number of nitrogens with zero attached hydrogens (tertiary/aromatic N) is 1. The Balaban J connectivity index is 2.05. The van der Waals surface area contributed by atoms with Crippen molar-refractivity contribution < 1.29 is 28.0 Å². The minimum absolute atomic E-state index is 0.0677. The fourth-order valence-electron chi connectivity index (χ4n) is 1.89. The van der Waals surface area contributed by atoms with Crippen LogP contribution < -0.4 is 5.32 Å². The predicted octanol–water partition coefficient (Wildman–Crippen LogP) is 3.71. The number of halogens is 3. The zero-order valence-corrected chi connectivity index (χ0v) is 13.9. The van der Waals surface area contributed by atoms with Crippen molar-refractivity contribution in [3.8, 4) is 0 Å². The molecule has 1 N–H and O–H groups in total. The number of hydrogen-bond donors (Lipinski definition) is 1. The lowest BCUT2D eigenvalue weighted by molar-refractivity contribution is -0.384. The Morgan fingerprint density at radius 1 is 1.23 bits per heavy atom. The summed E-state index contributed by atoms with van der Waals surface area (Å²) in [5, 5.41) is 12.9. The highest BCUT2D eigenvalue weighted by atomic mass is 35.5. The van der Waals surface area contributed by atoms with E-state index in [4.69, 9.17) is 16.3 Å². The van der Waals surface area contributed by atoms with E-state index in [0.717, 1.165) is 24.3 Å². The van der Waals surface area contributed by atoms with Crippen molar-refractivity contribution in [2.24, 2.45) is 0 Å². The van der Waals surface area contributed by atoms with Crippen molar-refractivity contribution in [3.63, 3.8) is 0 Å². The number of anilines is 1. The lowest BCUT2D eigenvalue weighted by Crippen LogP contribution is -2.30. The van der Waals surface area contributed by atoms with Crippen molar-refractivity contribution >= 4 is 34.9 Å². The summed E-state index contributed by atoms with van der Waals surface area (Å²) < 4.78 is 31.2. The predicted molar refractivity (Wildman–Crippen MR) is 88.0 cm³/mol. The van der Waals surface area contributed by atoms with E-state index < -0.39 is 40.1 Å². The highest BCUT2D eigenvalue weighted by Crippen LogP contribution is 2.26. The molecule has 0 fully saturated rings. The molecule has 0 aliphatic heterocycles. The number of nitro benzene ring substituents is 1. The second-order valence-electron chi connectivity index (χ2n) is 5.08. The van der Waals surface area contributed by atoms with Gasteiger partial charge in [-0.2, -0.15) is 0 Å². The molecule has 0 saturated carbocycles. The van der Waals surface area contributed by atoms with E-state index in [-0.39, 0.29) is 16.4 Å². The third-order valence-electron chi connectivity index (χ3n) is 3.23. The molecule has 0 radical (unpaired) electrons. The van der Waals surface area contributed by atoms with Gasteiger partial charge in [-0.3, -0.25) is 14.9 Å². The van der Waals surface area contributed by atoms with E-state index >= 15 is 0 Å². The van der Waals surface area contributed by atoms with Crippen LogP contribution in [-0.4, -0.2) is 22.9 Å². The first kappa shape index (κ1) is 19.3. The summed E-state index contributed by atoms with van der Waals surface area (Å²) >= 11 is 5.85. The highest BCUT2D eigenvalue weighted by molar-refractivity contribution is 6.34. The topological polar surface area (TPSA) is 98.5 Å². The van der Waals surface area contributed by atoms with Crippen LogP contribution in [0.2, 0.25) is 5.02 Å². The third-order valence-corrected chi connectivity index (χ3v) is 3.54. The normalized spacial score (nSPS) is 11.5. The minimum atomic E-state index is -1.33. The Labute approximate surface area is 150 Å². The van der Waals surface area contributed by atoms with Crippen LogP contribution in [0.15, 0.2) is 36.4 Å². The Bertz CT molecular complexity index is 891. The number of ether oxygens (including phenoxy) is 1. The third kappa shape index (κ3) is 4.51. The number of carbonyl (C=O) groups is 2. The number of nitro groups is 1. The molecule has 0 saturated heterocycles. The van der Waals surface area contributed by atoms with Gasteiger partial charge in [0.25, 0.3) is 11.6 Å². The minimum Gasteiger partial charge on any atom is -0.449 e. The van der Waals surface area contributed by atoms with Gasteiger partial charge < -0.3 is 10.1 Å². The first-order valence-corrected chi connectivity index (χ1v) is 7.47. The molecule has 0 spiro atoms. The van der Waals surface area contributed by atoms with Crippen LogP contribution in [0.25, 0.3) is 0 Å². The van der Waals surface area contributed by atoms with Gasteiger partial charge in [-0.1, -0.05) is 11.6 Å². The van der Waals surface area contributed by atoms with Gasteiger partial charge in [0.15, 0.2) is 6.10 Å². The monoisotopic (exact) mass is 384 g/mol. The van der Waals surface area contributed by atoms with Gasteiger partial charge in [0.2, 0.25) is 0 Å². The molecular formula is C16H11ClF2N2O5. The fraction of sp³-hybridized carbons (Fsp3) is 0.125. The van der Waals surface area contributed by atoms with Gasteiger partial charge in [-0.15, -0.1) is 0 Å². The van der Waals surface area contributed by atoms with Crippen LogP contribution in [0.4, 0.5) is 20.2 Å². The van der Waals surface area contributed by atoms with Crippen molar-refractivity contribution in [2.45, 2.75) is 13.0 Å². The second-order valence-corrected chi connectivity index (χ2v) is 5.49. The molecule has 0 aliphatic rings. The van der Waals surface area contributed by atoms with Crippen LogP contribution in [0, 0.1) is 21.7 Å². The number of benzene rings is 2. The van der Waals surface area contributed by atoms with Gasteiger partial charge >= 0.3 is 5.97 Å². The van der Waals surface area contributed by atoms with E-state index in [2.05, 4.69) is 5.32 Å². The molecule has 26 heavy (non-hydrogen) atoms. The Hall–Kier alpha value is -3.07. The molecule has 0 aliphatic carbocycles. The lowest BCUT2D eigenvalue weighted by Gasteiger charge is -2.14. The Kier molecular flexibility index (Phi) is 5.83. The van der Waals surface area contributed by atoms with E-state index in [1.54, 1.807) is 0 Å². The molecule has 1 amide bonds. The quantitative estimate of drug-likeness (QED) is 0.481. The number of amides is 1. The van der Waals surface area contributed by atoms with Crippen molar-refractivity contribution in [1.29, 1.82) is 0 Å². The molecule has 10 heteroatoms. The molecule has 0 bridgehead atoms. The van der Waals surface area contributed by atoms with Gasteiger partial charge in [-0.25, -0.2) is 13.6 Å². The molecule has 1 atom stereocenters. The largest absolute Gasteiger partial charge is 0.449 e. The second kappa shape index (κ2) is 7.87. The molecule has 2 aromatic rings. The number of carbonyl (C=O) groups excluding carboxylic acids is 2. The van der Waals surface area contributed by atoms with Crippen LogP contribution in [-0.2, 0) is 9.53 Å². The van der Waals surface area contributed by atoms with E-state index in [0.29, 0.717) is 6.07 Å². The smallest absolute Gasteiger partial charge is 0.341 e. The first-order chi connectivity index (χ1) is 12.2. The number of esters is 1. The first-order valence-electron chi connectivity index (χ1n) is 7.10. The molecule has 2 rings (SSSR count). The zero-order chi connectivity index (χ0) is 19.4. The number of hydrogen-bond acceptors (Lipinski definition) is 5. The maximum Gasteiger partial charge on any atom is 0.341 e. The summed E-state index contributed by atoms with van der Waals surface area (Å²) in [6.07, 6.45) is -1.33. The van der Waals surface area contributed by atoms with Gasteiger partial charge in [0.05, 0.1) is 21.2 Å². The summed E-state index contributed by atoms with van der Waals surface area (Å²) in [5.74, 6) is -3.93. The molecule has 0 heterocycles. The zero-order valence-electron chi connectivity index (χ0n) is 13.2. The average molecular weight is 385 g/mol. The fourth-order valence-corrected chi connectivity index (χ4v) is 2.11. The average Bonchev–Trinajstić information content (AvgIpc) is 2.56. The van der Waals surface area contributed by atoms with Crippen molar-refractivity contribution in [3.05, 3.63) is 68.7 Å². The maximum atomic E-state index is 13.5. The molecule has 7 nitrogen and oxygen atoms in total. The highest BCUT2D eigenvalue weighted by Gasteiger charge is 2.22. The number of non-ortho nitro benzene ring substituents is 1. The summed E-state index contributed by atoms with van der Waals surface area (Å²) in [6, 6.07) is 5.67. The standard InChI is InChI=1S/C16H11ClF2N2O5/c1-8(26-16(23)11-4-2-9(18)6-13(11)19)15(22)20-14-5-3-10(21(24)25)7-12(14)17/h2-8H,1H3,(H,20,22). The summed E-state index contributed by atoms with van der Waals surface area (Å²) in [4.78, 5) is 33.9. The molecule has 136 valence electrons.